The van der Waals surface area contributed by atoms with Crippen molar-refractivity contribution in [3.8, 4) is 5.75 Å². The monoisotopic (exact) mass is 298 g/mol. The van der Waals surface area contributed by atoms with Crippen molar-refractivity contribution in [3.05, 3.63) is 28.8 Å². The Labute approximate surface area is 125 Å². The first kappa shape index (κ1) is 16.8. The second-order valence-corrected chi connectivity index (χ2v) is 5.57. The molecule has 0 aliphatic carbocycles. The number of rotatable bonds is 8. The molecule has 0 aromatic heterocycles. The fourth-order valence-corrected chi connectivity index (χ4v) is 2.07. The minimum atomic E-state index is -0.279. The molecular weight excluding hydrogens is 276 g/mol. The molecule has 0 heterocycles. The van der Waals surface area contributed by atoms with Crippen LogP contribution in [0.25, 0.3) is 0 Å². The molecule has 0 saturated heterocycles. The molecule has 2 N–H and O–H groups in total. The zero-order chi connectivity index (χ0) is 15.0. The van der Waals surface area contributed by atoms with Gasteiger partial charge in [-0.3, -0.25) is 4.79 Å². The van der Waals surface area contributed by atoms with E-state index in [2.05, 4.69) is 24.3 Å². The number of hydrogen-bond acceptors (Lipinski definition) is 3. The molecule has 0 fully saturated rings. The van der Waals surface area contributed by atoms with Crippen molar-refractivity contribution in [2.24, 2.45) is 0 Å². The molecule has 1 aromatic carbocycles. The lowest BCUT2D eigenvalue weighted by Crippen LogP contribution is -2.24. The predicted octanol–water partition coefficient (Wildman–Crippen LogP) is 2.90. The quantitative estimate of drug-likeness (QED) is 0.726. The number of halogens is 1. The number of phenols is 1. The molecule has 0 unspecified atom stereocenters. The summed E-state index contributed by atoms with van der Waals surface area (Å²) in [7, 11) is 4.13. The number of amides is 1. The van der Waals surface area contributed by atoms with E-state index < -0.39 is 0 Å². The van der Waals surface area contributed by atoms with Gasteiger partial charge in [-0.1, -0.05) is 24.4 Å². The molecule has 0 spiro atoms. The Hall–Kier alpha value is -1.26. The number of carbonyl (C=O) groups excluding carboxylic acids is 1. The Morgan fingerprint density at radius 3 is 2.65 bits per heavy atom. The van der Waals surface area contributed by atoms with Crippen LogP contribution in [0.4, 0.5) is 0 Å². The van der Waals surface area contributed by atoms with Crippen molar-refractivity contribution < 1.29 is 9.90 Å². The van der Waals surface area contributed by atoms with Crippen LogP contribution >= 0.6 is 11.6 Å². The summed E-state index contributed by atoms with van der Waals surface area (Å²) in [4.78, 5) is 14.0. The van der Waals surface area contributed by atoms with Crippen LogP contribution in [0.3, 0.4) is 0 Å². The average molecular weight is 299 g/mol. The molecule has 0 aliphatic heterocycles. The summed E-state index contributed by atoms with van der Waals surface area (Å²) in [5.41, 5.74) is 0.227. The Kier molecular flexibility index (Phi) is 7.41. The molecule has 0 atom stereocenters. The van der Waals surface area contributed by atoms with E-state index in [9.17, 15) is 9.90 Å². The van der Waals surface area contributed by atoms with E-state index >= 15 is 0 Å². The Morgan fingerprint density at radius 1 is 1.25 bits per heavy atom. The van der Waals surface area contributed by atoms with E-state index in [4.69, 9.17) is 11.6 Å². The van der Waals surface area contributed by atoms with Gasteiger partial charge in [-0.2, -0.15) is 0 Å². The number of aromatic hydroxyl groups is 1. The summed E-state index contributed by atoms with van der Waals surface area (Å²) in [6.07, 6.45) is 4.38. The van der Waals surface area contributed by atoms with Gasteiger partial charge in [-0.25, -0.2) is 0 Å². The Balaban J connectivity index is 2.22. The Morgan fingerprint density at radius 2 is 1.95 bits per heavy atom. The average Bonchev–Trinajstić information content (AvgIpc) is 2.39. The summed E-state index contributed by atoms with van der Waals surface area (Å²) in [5, 5.41) is 12.8. The minimum absolute atomic E-state index is 0.0436. The molecular formula is C15H23ClN2O2. The summed E-state index contributed by atoms with van der Waals surface area (Å²) in [6, 6.07) is 4.46. The first-order valence-electron chi connectivity index (χ1n) is 6.92. The first-order chi connectivity index (χ1) is 9.50. The van der Waals surface area contributed by atoms with Crippen LogP contribution in [0.5, 0.6) is 5.75 Å². The fraction of sp³-hybridized carbons (Fsp3) is 0.533. The lowest BCUT2D eigenvalue weighted by molar-refractivity contribution is 0.0950. The number of hydrogen-bond donors (Lipinski definition) is 2. The molecule has 0 radical (unpaired) electrons. The van der Waals surface area contributed by atoms with E-state index in [-0.39, 0.29) is 17.2 Å². The second-order valence-electron chi connectivity index (χ2n) is 5.13. The van der Waals surface area contributed by atoms with Crippen LogP contribution < -0.4 is 5.32 Å². The number of carbonyl (C=O) groups is 1. The third-order valence-electron chi connectivity index (χ3n) is 3.02. The maximum atomic E-state index is 11.9. The van der Waals surface area contributed by atoms with Crippen molar-refractivity contribution >= 4 is 17.5 Å². The number of benzene rings is 1. The molecule has 0 saturated carbocycles. The first-order valence-corrected chi connectivity index (χ1v) is 7.30. The molecule has 1 rings (SSSR count). The zero-order valence-electron chi connectivity index (χ0n) is 12.2. The SMILES string of the molecule is CN(C)CCCCCCNC(=O)c1cc(Cl)ccc1O. The predicted molar refractivity (Wildman–Crippen MR) is 82.5 cm³/mol. The maximum Gasteiger partial charge on any atom is 0.255 e. The lowest BCUT2D eigenvalue weighted by Gasteiger charge is -2.09. The number of nitrogens with one attached hydrogen (secondary N) is 1. The number of phenolic OH excluding ortho intramolecular Hbond substituents is 1. The summed E-state index contributed by atoms with van der Waals surface area (Å²) in [6.45, 7) is 1.72. The van der Waals surface area contributed by atoms with Crippen molar-refractivity contribution in [2.75, 3.05) is 27.2 Å². The van der Waals surface area contributed by atoms with Crippen molar-refractivity contribution in [1.82, 2.24) is 10.2 Å². The molecule has 0 aliphatic rings. The molecule has 0 bridgehead atoms. The van der Waals surface area contributed by atoms with Crippen LogP contribution in [-0.4, -0.2) is 43.1 Å². The summed E-state index contributed by atoms with van der Waals surface area (Å²) >= 11 is 5.81. The molecule has 112 valence electrons. The molecule has 20 heavy (non-hydrogen) atoms. The largest absolute Gasteiger partial charge is 0.507 e. The van der Waals surface area contributed by atoms with Gasteiger partial charge >= 0.3 is 0 Å². The van der Waals surface area contributed by atoms with Gasteiger partial charge in [0.05, 0.1) is 5.56 Å². The Bertz CT molecular complexity index is 436. The summed E-state index contributed by atoms with van der Waals surface area (Å²) in [5.74, 6) is -0.323. The smallest absolute Gasteiger partial charge is 0.255 e. The van der Waals surface area contributed by atoms with Gasteiger partial charge < -0.3 is 15.3 Å². The van der Waals surface area contributed by atoms with Gasteiger partial charge in [0.1, 0.15) is 5.75 Å². The van der Waals surface area contributed by atoms with E-state index in [1.165, 1.54) is 18.6 Å². The lowest BCUT2D eigenvalue weighted by atomic mass is 10.1. The molecule has 1 aromatic rings. The fourth-order valence-electron chi connectivity index (χ4n) is 1.89. The standard InChI is InChI=1S/C15H23ClN2O2/c1-18(2)10-6-4-3-5-9-17-15(20)13-11-12(16)7-8-14(13)19/h7-8,11,19H,3-6,9-10H2,1-2H3,(H,17,20). The highest BCUT2D eigenvalue weighted by Gasteiger charge is 2.10. The van der Waals surface area contributed by atoms with Gasteiger partial charge in [0.25, 0.3) is 5.91 Å². The van der Waals surface area contributed by atoms with Crippen LogP contribution in [0, 0.1) is 0 Å². The van der Waals surface area contributed by atoms with Crippen LogP contribution in [0.1, 0.15) is 36.0 Å². The van der Waals surface area contributed by atoms with Crippen LogP contribution in [-0.2, 0) is 0 Å². The highest BCUT2D eigenvalue weighted by Crippen LogP contribution is 2.21. The number of unbranched alkanes of at least 4 members (excludes halogenated alkanes) is 3. The maximum absolute atomic E-state index is 11.9. The van der Waals surface area contributed by atoms with Gasteiger partial charge in [0.2, 0.25) is 0 Å². The topological polar surface area (TPSA) is 52.6 Å². The van der Waals surface area contributed by atoms with Gasteiger partial charge in [0.15, 0.2) is 0 Å². The normalized spacial score (nSPS) is 10.8. The van der Waals surface area contributed by atoms with Crippen molar-refractivity contribution in [3.63, 3.8) is 0 Å². The minimum Gasteiger partial charge on any atom is -0.507 e. The van der Waals surface area contributed by atoms with Gasteiger partial charge in [0, 0.05) is 11.6 Å². The van der Waals surface area contributed by atoms with E-state index in [1.54, 1.807) is 6.07 Å². The van der Waals surface area contributed by atoms with Gasteiger partial charge in [-0.15, -0.1) is 0 Å². The zero-order valence-corrected chi connectivity index (χ0v) is 12.9. The van der Waals surface area contributed by atoms with E-state index in [1.807, 2.05) is 0 Å². The molecule has 1 amide bonds. The highest BCUT2D eigenvalue weighted by molar-refractivity contribution is 6.31. The van der Waals surface area contributed by atoms with E-state index in [0.717, 1.165) is 25.8 Å². The highest BCUT2D eigenvalue weighted by atomic mass is 35.5. The molecule has 4 nitrogen and oxygen atoms in total. The second kappa shape index (κ2) is 8.82. The third-order valence-corrected chi connectivity index (χ3v) is 3.26. The third kappa shape index (κ3) is 6.26. The van der Waals surface area contributed by atoms with Gasteiger partial charge in [-0.05, 0) is 51.7 Å². The summed E-state index contributed by atoms with van der Waals surface area (Å²) < 4.78 is 0. The van der Waals surface area contributed by atoms with Crippen molar-refractivity contribution in [2.45, 2.75) is 25.7 Å². The van der Waals surface area contributed by atoms with E-state index in [0.29, 0.717) is 11.6 Å². The number of nitrogens with zero attached hydrogens (tertiary/aromatic N) is 1. The van der Waals surface area contributed by atoms with Crippen LogP contribution in [0.15, 0.2) is 18.2 Å². The van der Waals surface area contributed by atoms with Crippen molar-refractivity contribution in [1.29, 1.82) is 0 Å². The molecule has 5 heteroatoms. The van der Waals surface area contributed by atoms with Crippen LogP contribution in [0.2, 0.25) is 5.02 Å².